The minimum atomic E-state index is -0.200. The van der Waals surface area contributed by atoms with Gasteiger partial charge in [0.25, 0.3) is 0 Å². The molecule has 0 spiro atoms. The highest BCUT2D eigenvalue weighted by Crippen LogP contribution is 2.33. The second kappa shape index (κ2) is 8.16. The fourth-order valence-electron chi connectivity index (χ4n) is 3.14. The zero-order chi connectivity index (χ0) is 17.6. The van der Waals surface area contributed by atoms with Gasteiger partial charge in [0.2, 0.25) is 0 Å². The summed E-state index contributed by atoms with van der Waals surface area (Å²) < 4.78 is 11.0. The topological polar surface area (TPSA) is 76.4 Å². The van der Waals surface area contributed by atoms with Gasteiger partial charge in [0.1, 0.15) is 11.5 Å². The molecule has 6 nitrogen and oxygen atoms in total. The van der Waals surface area contributed by atoms with Crippen LogP contribution in [-0.4, -0.2) is 24.3 Å². The number of carbonyl (C=O) groups excluding carboxylic acids is 1. The molecule has 0 bridgehead atoms. The molecule has 2 atom stereocenters. The van der Waals surface area contributed by atoms with E-state index in [2.05, 4.69) is 47.0 Å². The van der Waals surface area contributed by atoms with Gasteiger partial charge in [0.05, 0.1) is 12.6 Å². The number of ether oxygens (including phenoxy) is 1. The third-order valence-electron chi connectivity index (χ3n) is 4.48. The summed E-state index contributed by atoms with van der Waals surface area (Å²) >= 11 is 0. The van der Waals surface area contributed by atoms with Crippen molar-refractivity contribution in [2.24, 2.45) is 5.92 Å². The van der Waals surface area contributed by atoms with Crippen LogP contribution >= 0.6 is 0 Å². The average molecular weight is 343 g/mol. The van der Waals surface area contributed by atoms with Gasteiger partial charge in [-0.3, -0.25) is 0 Å². The predicted molar refractivity (Wildman–Crippen MR) is 94.1 cm³/mol. The van der Waals surface area contributed by atoms with Crippen molar-refractivity contribution < 1.29 is 14.1 Å². The summed E-state index contributed by atoms with van der Waals surface area (Å²) in [5.74, 6) is 1.01. The highest BCUT2D eigenvalue weighted by molar-refractivity contribution is 5.73. The first-order valence-corrected chi connectivity index (χ1v) is 8.74. The number of carbonyl (C=O) groups is 1. The van der Waals surface area contributed by atoms with Crippen molar-refractivity contribution in [3.63, 3.8) is 0 Å². The molecule has 2 aromatic rings. The number of aryl methyl sites for hydroxylation is 2. The number of nitrogens with one attached hydrogen (secondary N) is 2. The van der Waals surface area contributed by atoms with Gasteiger partial charge < -0.3 is 19.9 Å². The second-order valence-corrected chi connectivity index (χ2v) is 6.60. The van der Waals surface area contributed by atoms with E-state index in [0.29, 0.717) is 18.8 Å². The molecular weight excluding hydrogens is 318 g/mol. The minimum absolute atomic E-state index is 0.0350. The van der Waals surface area contributed by atoms with Gasteiger partial charge in [-0.1, -0.05) is 35.0 Å². The van der Waals surface area contributed by atoms with Gasteiger partial charge in [-0.05, 0) is 32.3 Å². The van der Waals surface area contributed by atoms with E-state index in [-0.39, 0.29) is 18.1 Å². The number of hydrogen-bond donors (Lipinski definition) is 2. The quantitative estimate of drug-likeness (QED) is 0.874. The normalized spacial score (nSPS) is 20.2. The first-order valence-electron chi connectivity index (χ1n) is 8.74. The van der Waals surface area contributed by atoms with Crippen molar-refractivity contribution in [1.82, 2.24) is 15.8 Å². The van der Waals surface area contributed by atoms with Crippen LogP contribution in [-0.2, 0) is 11.3 Å². The molecule has 25 heavy (non-hydrogen) atoms. The molecule has 0 aliphatic carbocycles. The maximum atomic E-state index is 12.0. The fourth-order valence-corrected chi connectivity index (χ4v) is 3.14. The molecule has 2 heterocycles. The molecule has 1 fully saturated rings. The number of hydrogen-bond acceptors (Lipinski definition) is 4. The Labute approximate surface area is 147 Å². The number of benzene rings is 1. The van der Waals surface area contributed by atoms with Gasteiger partial charge in [-0.2, -0.15) is 0 Å². The first kappa shape index (κ1) is 17.5. The van der Waals surface area contributed by atoms with Crippen LogP contribution in [0.3, 0.4) is 0 Å². The van der Waals surface area contributed by atoms with Crippen molar-refractivity contribution in [2.75, 3.05) is 13.2 Å². The van der Waals surface area contributed by atoms with Crippen LogP contribution in [0.5, 0.6) is 0 Å². The molecule has 2 amide bonds. The number of rotatable bonds is 5. The van der Waals surface area contributed by atoms with Gasteiger partial charge in [-0.25, -0.2) is 4.79 Å². The van der Waals surface area contributed by atoms with Crippen molar-refractivity contribution in [2.45, 2.75) is 39.3 Å². The van der Waals surface area contributed by atoms with Gasteiger partial charge in [-0.15, -0.1) is 0 Å². The Balaban J connectivity index is 1.51. The molecule has 134 valence electrons. The maximum Gasteiger partial charge on any atom is 0.315 e. The van der Waals surface area contributed by atoms with Gasteiger partial charge in [0, 0.05) is 25.1 Å². The van der Waals surface area contributed by atoms with Gasteiger partial charge in [0.15, 0.2) is 0 Å². The lowest BCUT2D eigenvalue weighted by atomic mass is 9.89. The molecule has 2 N–H and O–H groups in total. The largest absolute Gasteiger partial charge is 0.373 e. The number of nitrogens with zero attached hydrogens (tertiary/aromatic N) is 1. The molecular formula is C19H25N3O3. The van der Waals surface area contributed by atoms with Crippen LogP contribution < -0.4 is 10.6 Å². The number of amides is 2. The molecule has 1 saturated heterocycles. The van der Waals surface area contributed by atoms with Crippen LogP contribution in [0.1, 0.15) is 41.5 Å². The zero-order valence-corrected chi connectivity index (χ0v) is 14.7. The van der Waals surface area contributed by atoms with E-state index in [4.69, 9.17) is 9.26 Å². The van der Waals surface area contributed by atoms with Crippen LogP contribution in [0.15, 0.2) is 34.9 Å². The molecule has 1 aliphatic rings. The third-order valence-corrected chi connectivity index (χ3v) is 4.48. The lowest BCUT2D eigenvalue weighted by Crippen LogP contribution is -2.40. The first-order chi connectivity index (χ1) is 12.1. The highest BCUT2D eigenvalue weighted by Gasteiger charge is 2.27. The Kier molecular flexibility index (Phi) is 5.71. The summed E-state index contributed by atoms with van der Waals surface area (Å²) in [6.45, 7) is 5.61. The molecule has 6 heteroatoms. The Hall–Kier alpha value is -2.34. The van der Waals surface area contributed by atoms with Crippen LogP contribution in [0.25, 0.3) is 0 Å². The Morgan fingerprint density at radius 1 is 1.24 bits per heavy atom. The lowest BCUT2D eigenvalue weighted by Gasteiger charge is -2.32. The molecule has 0 unspecified atom stereocenters. The molecule has 1 aromatic heterocycles. The summed E-state index contributed by atoms with van der Waals surface area (Å²) in [5, 5.41) is 9.61. The fraction of sp³-hybridized carbons (Fsp3) is 0.474. The van der Waals surface area contributed by atoms with Crippen LogP contribution in [0.2, 0.25) is 0 Å². The Bertz CT molecular complexity index is 696. The highest BCUT2D eigenvalue weighted by atomic mass is 16.5. The standard InChI is InChI=1S/C19H25N3O3/c1-13-5-7-15(8-6-13)18-16(4-3-9-24-18)11-20-19(23)21-12-17-10-14(2)25-22-17/h5-8,10,16,18H,3-4,9,11-12H2,1-2H3,(H2,20,21,23)/t16-,18-/m1/s1. The monoisotopic (exact) mass is 343 g/mol. The number of aromatic nitrogens is 1. The summed E-state index contributed by atoms with van der Waals surface area (Å²) in [6, 6.07) is 10.0. The van der Waals surface area contributed by atoms with E-state index in [1.165, 1.54) is 11.1 Å². The van der Waals surface area contributed by atoms with Crippen molar-refractivity contribution in [1.29, 1.82) is 0 Å². The molecule has 1 aliphatic heterocycles. The smallest absolute Gasteiger partial charge is 0.315 e. The number of urea groups is 1. The summed E-state index contributed by atoms with van der Waals surface area (Å²) in [6.07, 6.45) is 2.10. The molecule has 1 aromatic carbocycles. The van der Waals surface area contributed by atoms with E-state index in [0.717, 1.165) is 25.2 Å². The maximum absolute atomic E-state index is 12.0. The lowest BCUT2D eigenvalue weighted by molar-refractivity contribution is -0.0269. The van der Waals surface area contributed by atoms with Crippen LogP contribution in [0, 0.1) is 19.8 Å². The van der Waals surface area contributed by atoms with E-state index in [1.807, 2.05) is 13.0 Å². The van der Waals surface area contributed by atoms with E-state index in [1.54, 1.807) is 0 Å². The predicted octanol–water partition coefficient (Wildman–Crippen LogP) is 3.26. The van der Waals surface area contributed by atoms with Crippen molar-refractivity contribution in [3.05, 3.63) is 52.9 Å². The summed E-state index contributed by atoms with van der Waals surface area (Å²) in [5.41, 5.74) is 3.12. The molecule has 3 rings (SSSR count). The summed E-state index contributed by atoms with van der Waals surface area (Å²) in [4.78, 5) is 12.0. The van der Waals surface area contributed by atoms with Crippen LogP contribution in [0.4, 0.5) is 4.79 Å². The Morgan fingerprint density at radius 2 is 2.04 bits per heavy atom. The SMILES string of the molecule is Cc1ccc([C@H]2OCCC[C@@H]2CNC(=O)NCc2cc(C)on2)cc1. The van der Waals surface area contributed by atoms with E-state index in [9.17, 15) is 4.79 Å². The Morgan fingerprint density at radius 3 is 2.76 bits per heavy atom. The minimum Gasteiger partial charge on any atom is -0.373 e. The van der Waals surface area contributed by atoms with E-state index >= 15 is 0 Å². The zero-order valence-electron chi connectivity index (χ0n) is 14.7. The molecule has 0 saturated carbocycles. The van der Waals surface area contributed by atoms with Crippen molar-refractivity contribution in [3.8, 4) is 0 Å². The summed E-state index contributed by atoms with van der Waals surface area (Å²) in [7, 11) is 0. The van der Waals surface area contributed by atoms with Crippen molar-refractivity contribution >= 4 is 6.03 Å². The second-order valence-electron chi connectivity index (χ2n) is 6.60. The van der Waals surface area contributed by atoms with Gasteiger partial charge >= 0.3 is 6.03 Å². The molecule has 0 radical (unpaired) electrons. The van der Waals surface area contributed by atoms with E-state index < -0.39 is 0 Å². The third kappa shape index (κ3) is 4.82. The average Bonchev–Trinajstić information content (AvgIpc) is 3.04.